The first kappa shape index (κ1) is 15.9. The molecule has 0 aromatic carbocycles. The highest BCUT2D eigenvalue weighted by Gasteiger charge is 2.11. The summed E-state index contributed by atoms with van der Waals surface area (Å²) in [4.78, 5) is 24.0. The molecule has 0 N–H and O–H groups in total. The third kappa shape index (κ3) is 8.65. The summed E-state index contributed by atoms with van der Waals surface area (Å²) in [6.07, 6.45) is 0.203. The predicted molar refractivity (Wildman–Crippen MR) is 61.6 cm³/mol. The van der Waals surface area contributed by atoms with Crippen LogP contribution in [0.1, 0.15) is 13.3 Å². The van der Waals surface area contributed by atoms with Gasteiger partial charge in [0, 0.05) is 20.7 Å². The fourth-order valence-corrected chi connectivity index (χ4v) is 1.03. The summed E-state index contributed by atoms with van der Waals surface area (Å²) in [5.41, 5.74) is 0. The second-order valence-corrected chi connectivity index (χ2v) is 3.42. The van der Waals surface area contributed by atoms with Gasteiger partial charge in [-0.05, 0) is 6.92 Å². The van der Waals surface area contributed by atoms with Gasteiger partial charge in [0.2, 0.25) is 5.91 Å². The molecule has 0 aliphatic rings. The van der Waals surface area contributed by atoms with E-state index < -0.39 is 0 Å². The number of hydrogen-bond acceptors (Lipinski definition) is 5. The zero-order chi connectivity index (χ0) is 13.1. The lowest BCUT2D eigenvalue weighted by molar-refractivity contribution is -0.144. The standard InChI is InChI=1S/C11H21NO5/c1-4-17-11(14)5-6-12(2)10(13)9-16-8-7-15-3/h4-9H2,1-3H3. The van der Waals surface area contributed by atoms with Gasteiger partial charge in [-0.15, -0.1) is 0 Å². The van der Waals surface area contributed by atoms with E-state index in [1.54, 1.807) is 21.1 Å². The monoisotopic (exact) mass is 247 g/mol. The molecule has 6 heteroatoms. The van der Waals surface area contributed by atoms with Crippen molar-refractivity contribution in [3.63, 3.8) is 0 Å². The quantitative estimate of drug-likeness (QED) is 0.426. The van der Waals surface area contributed by atoms with Crippen LogP contribution in [0.5, 0.6) is 0 Å². The van der Waals surface area contributed by atoms with Gasteiger partial charge in [0.15, 0.2) is 0 Å². The van der Waals surface area contributed by atoms with E-state index in [9.17, 15) is 9.59 Å². The third-order valence-electron chi connectivity index (χ3n) is 2.04. The van der Waals surface area contributed by atoms with Gasteiger partial charge in [-0.1, -0.05) is 0 Å². The number of methoxy groups -OCH3 is 1. The van der Waals surface area contributed by atoms with E-state index in [4.69, 9.17) is 14.2 Å². The fraction of sp³-hybridized carbons (Fsp3) is 0.818. The third-order valence-corrected chi connectivity index (χ3v) is 2.04. The van der Waals surface area contributed by atoms with Crippen molar-refractivity contribution in [2.45, 2.75) is 13.3 Å². The summed E-state index contributed by atoms with van der Waals surface area (Å²) < 4.78 is 14.6. The van der Waals surface area contributed by atoms with Crippen LogP contribution < -0.4 is 0 Å². The summed E-state index contributed by atoms with van der Waals surface area (Å²) in [6, 6.07) is 0. The minimum Gasteiger partial charge on any atom is -0.466 e. The van der Waals surface area contributed by atoms with Crippen molar-refractivity contribution in [1.29, 1.82) is 0 Å². The van der Waals surface area contributed by atoms with E-state index in [-0.39, 0.29) is 24.9 Å². The van der Waals surface area contributed by atoms with Gasteiger partial charge in [-0.3, -0.25) is 9.59 Å². The lowest BCUT2D eigenvalue weighted by atomic mass is 10.4. The molecule has 100 valence electrons. The fourth-order valence-electron chi connectivity index (χ4n) is 1.03. The van der Waals surface area contributed by atoms with Gasteiger partial charge in [0.05, 0.1) is 26.2 Å². The Bertz CT molecular complexity index is 232. The Morgan fingerprint density at radius 2 is 1.94 bits per heavy atom. The molecule has 0 atom stereocenters. The van der Waals surface area contributed by atoms with Crippen LogP contribution in [0.25, 0.3) is 0 Å². The normalized spacial score (nSPS) is 10.1. The van der Waals surface area contributed by atoms with Crippen molar-refractivity contribution >= 4 is 11.9 Å². The van der Waals surface area contributed by atoms with Crippen molar-refractivity contribution in [3.8, 4) is 0 Å². The Balaban J connectivity index is 3.63. The molecular weight excluding hydrogens is 226 g/mol. The number of carbonyl (C=O) groups is 2. The van der Waals surface area contributed by atoms with E-state index in [1.807, 2.05) is 0 Å². The highest BCUT2D eigenvalue weighted by Crippen LogP contribution is 1.93. The van der Waals surface area contributed by atoms with Crippen LogP contribution in [0.15, 0.2) is 0 Å². The molecule has 0 bridgehead atoms. The van der Waals surface area contributed by atoms with E-state index in [0.29, 0.717) is 26.4 Å². The van der Waals surface area contributed by atoms with Gasteiger partial charge in [0.1, 0.15) is 6.61 Å². The van der Waals surface area contributed by atoms with Crippen molar-refractivity contribution in [2.75, 3.05) is 47.1 Å². The summed E-state index contributed by atoms with van der Waals surface area (Å²) in [5, 5.41) is 0. The van der Waals surface area contributed by atoms with Gasteiger partial charge < -0.3 is 19.1 Å². The van der Waals surface area contributed by atoms with Gasteiger partial charge >= 0.3 is 5.97 Å². The van der Waals surface area contributed by atoms with E-state index in [0.717, 1.165) is 0 Å². The van der Waals surface area contributed by atoms with Crippen LogP contribution in [0.3, 0.4) is 0 Å². The molecule has 17 heavy (non-hydrogen) atoms. The Labute approximate surface area is 102 Å². The second kappa shape index (κ2) is 10.0. The Kier molecular flexibility index (Phi) is 9.37. The molecule has 0 saturated carbocycles. The maximum Gasteiger partial charge on any atom is 0.307 e. The van der Waals surface area contributed by atoms with Crippen molar-refractivity contribution < 1.29 is 23.8 Å². The Morgan fingerprint density at radius 1 is 1.24 bits per heavy atom. The summed E-state index contributed by atoms with van der Waals surface area (Å²) >= 11 is 0. The molecule has 0 aromatic heterocycles. The highest BCUT2D eigenvalue weighted by atomic mass is 16.5. The SMILES string of the molecule is CCOC(=O)CCN(C)C(=O)COCCOC. The molecule has 0 heterocycles. The van der Waals surface area contributed by atoms with Crippen LogP contribution in [-0.4, -0.2) is 63.9 Å². The van der Waals surface area contributed by atoms with Gasteiger partial charge in [0.25, 0.3) is 0 Å². The lowest BCUT2D eigenvalue weighted by Crippen LogP contribution is -2.32. The van der Waals surface area contributed by atoms with Crippen LogP contribution in [-0.2, 0) is 23.8 Å². The summed E-state index contributed by atoms with van der Waals surface area (Å²) in [5.74, 6) is -0.460. The first-order chi connectivity index (χ1) is 8.11. The van der Waals surface area contributed by atoms with E-state index in [2.05, 4.69) is 0 Å². The molecule has 0 radical (unpaired) electrons. The number of hydrogen-bond donors (Lipinski definition) is 0. The minimum absolute atomic E-state index is 0.00266. The summed E-state index contributed by atoms with van der Waals surface area (Å²) in [6.45, 7) is 3.29. The number of amides is 1. The topological polar surface area (TPSA) is 65.1 Å². The van der Waals surface area contributed by atoms with E-state index in [1.165, 1.54) is 4.90 Å². The second-order valence-electron chi connectivity index (χ2n) is 3.42. The molecular formula is C11H21NO5. The molecule has 0 aliphatic heterocycles. The Hall–Kier alpha value is -1.14. The van der Waals surface area contributed by atoms with Gasteiger partial charge in [-0.25, -0.2) is 0 Å². The van der Waals surface area contributed by atoms with Crippen LogP contribution in [0.4, 0.5) is 0 Å². The summed E-state index contributed by atoms with van der Waals surface area (Å²) in [7, 11) is 3.19. The number of esters is 1. The number of carbonyl (C=O) groups excluding carboxylic acids is 2. The van der Waals surface area contributed by atoms with Crippen molar-refractivity contribution in [1.82, 2.24) is 4.90 Å². The first-order valence-electron chi connectivity index (χ1n) is 5.58. The Morgan fingerprint density at radius 3 is 2.53 bits per heavy atom. The molecule has 6 nitrogen and oxygen atoms in total. The minimum atomic E-state index is -0.299. The van der Waals surface area contributed by atoms with E-state index >= 15 is 0 Å². The molecule has 0 saturated heterocycles. The zero-order valence-electron chi connectivity index (χ0n) is 10.7. The average Bonchev–Trinajstić information content (AvgIpc) is 2.31. The molecule has 0 aliphatic carbocycles. The molecule has 0 fully saturated rings. The molecule has 1 amide bonds. The highest BCUT2D eigenvalue weighted by molar-refractivity contribution is 5.78. The molecule has 0 aromatic rings. The number of likely N-dealkylation sites (N-methyl/N-ethyl adjacent to an activating group) is 1. The molecule has 0 spiro atoms. The van der Waals surface area contributed by atoms with Gasteiger partial charge in [-0.2, -0.15) is 0 Å². The smallest absolute Gasteiger partial charge is 0.307 e. The largest absolute Gasteiger partial charge is 0.466 e. The zero-order valence-corrected chi connectivity index (χ0v) is 10.7. The lowest BCUT2D eigenvalue weighted by Gasteiger charge is -2.16. The maximum atomic E-state index is 11.5. The number of rotatable bonds is 9. The van der Waals surface area contributed by atoms with Crippen LogP contribution >= 0.6 is 0 Å². The maximum absolute atomic E-state index is 11.5. The van der Waals surface area contributed by atoms with Crippen molar-refractivity contribution in [3.05, 3.63) is 0 Å². The number of nitrogens with zero attached hydrogens (tertiary/aromatic N) is 1. The van der Waals surface area contributed by atoms with Crippen LogP contribution in [0.2, 0.25) is 0 Å². The molecule has 0 unspecified atom stereocenters. The van der Waals surface area contributed by atoms with Crippen LogP contribution in [0, 0.1) is 0 Å². The number of ether oxygens (including phenoxy) is 3. The average molecular weight is 247 g/mol. The molecule has 0 rings (SSSR count). The first-order valence-corrected chi connectivity index (χ1v) is 5.58. The predicted octanol–water partition coefficient (Wildman–Crippen LogP) is 0.0610. The van der Waals surface area contributed by atoms with Crippen molar-refractivity contribution in [2.24, 2.45) is 0 Å².